The quantitative estimate of drug-likeness (QED) is 0.276. The molecule has 1 aliphatic rings. The van der Waals surface area contributed by atoms with E-state index in [1.807, 2.05) is 0 Å². The predicted octanol–water partition coefficient (Wildman–Crippen LogP) is 5.10. The highest BCUT2D eigenvalue weighted by Crippen LogP contribution is 2.31. The van der Waals surface area contributed by atoms with Crippen molar-refractivity contribution >= 4 is 5.97 Å². The Kier molecular flexibility index (Phi) is 10.2. The van der Waals surface area contributed by atoms with E-state index in [-0.39, 0.29) is 0 Å². The number of unbranched alkanes of at least 4 members (excludes halogenated alkanes) is 8. The van der Waals surface area contributed by atoms with E-state index in [1.165, 1.54) is 70.3 Å². The molecule has 1 heterocycles. The maximum atomic E-state index is 10.3. The summed E-state index contributed by atoms with van der Waals surface area (Å²) in [6, 6.07) is 0. The number of ether oxygens (including phenoxy) is 1. The van der Waals surface area contributed by atoms with Crippen molar-refractivity contribution in [3.05, 3.63) is 12.2 Å². The van der Waals surface area contributed by atoms with Gasteiger partial charge < -0.3 is 9.84 Å². The lowest BCUT2D eigenvalue weighted by molar-refractivity contribution is -0.131. The zero-order valence-electron chi connectivity index (χ0n) is 13.6. The summed E-state index contributed by atoms with van der Waals surface area (Å²) in [5, 5.41) is 8.45. The molecule has 1 fully saturated rings. The molecule has 0 amide bonds. The van der Waals surface area contributed by atoms with Crippen molar-refractivity contribution in [3.63, 3.8) is 0 Å². The molecule has 21 heavy (non-hydrogen) atoms. The third-order valence-corrected chi connectivity index (χ3v) is 4.15. The van der Waals surface area contributed by atoms with Crippen LogP contribution in [-0.4, -0.2) is 23.3 Å². The lowest BCUT2D eigenvalue weighted by Gasteiger charge is -2.00. The van der Waals surface area contributed by atoms with Crippen LogP contribution < -0.4 is 0 Å². The summed E-state index contributed by atoms with van der Waals surface area (Å²) in [7, 11) is 0. The minimum absolute atomic E-state index is 0.572. The second-order valence-corrected chi connectivity index (χ2v) is 6.15. The predicted molar refractivity (Wildman–Crippen MR) is 86.5 cm³/mol. The molecule has 0 spiro atoms. The van der Waals surface area contributed by atoms with Gasteiger partial charge in [0.05, 0.1) is 12.2 Å². The Morgan fingerprint density at radius 3 is 2.14 bits per heavy atom. The van der Waals surface area contributed by atoms with E-state index in [9.17, 15) is 4.79 Å². The first kappa shape index (κ1) is 18.2. The van der Waals surface area contributed by atoms with Gasteiger partial charge in [-0.05, 0) is 25.7 Å². The first-order valence-electron chi connectivity index (χ1n) is 8.79. The van der Waals surface area contributed by atoms with Crippen molar-refractivity contribution < 1.29 is 14.6 Å². The number of carboxylic acid groups (broad SMARTS) is 1. The van der Waals surface area contributed by atoms with E-state index in [0.29, 0.717) is 12.2 Å². The third-order valence-electron chi connectivity index (χ3n) is 4.15. The number of epoxide rings is 1. The molecule has 122 valence electrons. The van der Waals surface area contributed by atoms with Gasteiger partial charge in [0.1, 0.15) is 0 Å². The van der Waals surface area contributed by atoms with Crippen LogP contribution in [0.25, 0.3) is 0 Å². The summed E-state index contributed by atoms with van der Waals surface area (Å²) < 4.78 is 5.70. The molecular formula is C18H32O3. The normalized spacial score (nSPS) is 21.0. The van der Waals surface area contributed by atoms with Gasteiger partial charge in [0, 0.05) is 6.08 Å². The molecule has 0 aromatic rings. The van der Waals surface area contributed by atoms with Gasteiger partial charge in [-0.2, -0.15) is 0 Å². The Labute approximate surface area is 129 Å². The Balaban J connectivity index is 1.77. The third kappa shape index (κ3) is 10.5. The largest absolute Gasteiger partial charge is 0.478 e. The van der Waals surface area contributed by atoms with E-state index in [4.69, 9.17) is 9.84 Å². The van der Waals surface area contributed by atoms with Gasteiger partial charge in [0.2, 0.25) is 0 Å². The van der Waals surface area contributed by atoms with Crippen LogP contribution in [0.2, 0.25) is 0 Å². The van der Waals surface area contributed by atoms with Crippen LogP contribution in [-0.2, 0) is 9.53 Å². The van der Waals surface area contributed by atoms with E-state index >= 15 is 0 Å². The van der Waals surface area contributed by atoms with Crippen molar-refractivity contribution in [1.82, 2.24) is 0 Å². The molecule has 1 aliphatic heterocycles. The van der Waals surface area contributed by atoms with Gasteiger partial charge in [-0.25, -0.2) is 4.79 Å². The maximum Gasteiger partial charge on any atom is 0.327 e. The van der Waals surface area contributed by atoms with Crippen LogP contribution in [0.5, 0.6) is 0 Å². The molecule has 0 aromatic heterocycles. The summed E-state index contributed by atoms with van der Waals surface area (Å²) in [6.45, 7) is 2.24. The number of hydrogen-bond donors (Lipinski definition) is 1. The number of hydrogen-bond acceptors (Lipinski definition) is 2. The lowest BCUT2D eigenvalue weighted by Crippen LogP contribution is -1.94. The van der Waals surface area contributed by atoms with E-state index in [0.717, 1.165) is 12.8 Å². The Hall–Kier alpha value is -0.830. The smallest absolute Gasteiger partial charge is 0.327 e. The minimum Gasteiger partial charge on any atom is -0.478 e. The molecule has 0 saturated carbocycles. The van der Waals surface area contributed by atoms with Gasteiger partial charge in [0.15, 0.2) is 0 Å². The average molecular weight is 296 g/mol. The Morgan fingerprint density at radius 2 is 1.52 bits per heavy atom. The second-order valence-electron chi connectivity index (χ2n) is 6.15. The number of rotatable bonds is 14. The molecule has 2 unspecified atom stereocenters. The molecule has 0 aliphatic carbocycles. The minimum atomic E-state index is -0.842. The van der Waals surface area contributed by atoms with Crippen LogP contribution in [0.15, 0.2) is 12.2 Å². The molecule has 2 atom stereocenters. The zero-order chi connectivity index (χ0) is 15.3. The van der Waals surface area contributed by atoms with Gasteiger partial charge >= 0.3 is 5.97 Å². The van der Waals surface area contributed by atoms with Gasteiger partial charge in [-0.3, -0.25) is 0 Å². The second kappa shape index (κ2) is 11.8. The van der Waals surface area contributed by atoms with Crippen molar-refractivity contribution in [2.45, 2.75) is 96.2 Å². The van der Waals surface area contributed by atoms with Gasteiger partial charge in [0.25, 0.3) is 0 Å². The average Bonchev–Trinajstić information content (AvgIpc) is 3.19. The number of allylic oxidation sites excluding steroid dienone is 1. The first-order valence-corrected chi connectivity index (χ1v) is 8.79. The lowest BCUT2D eigenvalue weighted by atomic mass is 10.0. The molecule has 0 bridgehead atoms. The van der Waals surface area contributed by atoms with Crippen LogP contribution in [0.1, 0.15) is 84.0 Å². The molecule has 3 heteroatoms. The number of carbonyl (C=O) groups is 1. The van der Waals surface area contributed by atoms with Gasteiger partial charge in [-0.15, -0.1) is 0 Å². The molecule has 1 saturated heterocycles. The Morgan fingerprint density at radius 1 is 0.952 bits per heavy atom. The van der Waals surface area contributed by atoms with Crippen LogP contribution in [0.4, 0.5) is 0 Å². The summed E-state index contributed by atoms with van der Waals surface area (Å²) in [5.41, 5.74) is 0. The molecule has 3 nitrogen and oxygen atoms in total. The van der Waals surface area contributed by atoms with Crippen molar-refractivity contribution in [2.24, 2.45) is 0 Å². The number of carboxylic acids is 1. The maximum absolute atomic E-state index is 10.3. The fourth-order valence-corrected chi connectivity index (χ4v) is 2.78. The summed E-state index contributed by atoms with van der Waals surface area (Å²) in [5.74, 6) is -0.842. The molecule has 0 radical (unpaired) electrons. The zero-order valence-corrected chi connectivity index (χ0v) is 13.6. The number of aliphatic carboxylic acids is 1. The molecule has 1 N–H and O–H groups in total. The van der Waals surface area contributed by atoms with Crippen LogP contribution in [0.3, 0.4) is 0 Å². The van der Waals surface area contributed by atoms with E-state index < -0.39 is 5.97 Å². The standard InChI is InChI=1S/C18H32O3/c1-2-3-10-13-16-17(21-16)14-11-8-6-4-5-7-9-12-15-18(19)20/h12,15-17H,2-11,13-14H2,1H3,(H,19,20)/b15-12+. The van der Waals surface area contributed by atoms with E-state index in [1.54, 1.807) is 6.08 Å². The highest BCUT2D eigenvalue weighted by atomic mass is 16.6. The highest BCUT2D eigenvalue weighted by molar-refractivity contribution is 5.79. The molecular weight excluding hydrogens is 264 g/mol. The van der Waals surface area contributed by atoms with Crippen molar-refractivity contribution in [1.29, 1.82) is 0 Å². The van der Waals surface area contributed by atoms with Gasteiger partial charge in [-0.1, -0.05) is 64.4 Å². The highest BCUT2D eigenvalue weighted by Gasteiger charge is 2.36. The van der Waals surface area contributed by atoms with Crippen LogP contribution in [0, 0.1) is 0 Å². The SMILES string of the molecule is CCCCCC1OC1CCCCCCCC/C=C/C(=O)O. The first-order chi connectivity index (χ1) is 10.2. The van der Waals surface area contributed by atoms with Crippen LogP contribution >= 0.6 is 0 Å². The summed E-state index contributed by atoms with van der Waals surface area (Å²) in [6.07, 6.45) is 19.0. The van der Waals surface area contributed by atoms with Crippen molar-refractivity contribution in [2.75, 3.05) is 0 Å². The molecule has 1 rings (SSSR count). The molecule has 0 aromatic carbocycles. The monoisotopic (exact) mass is 296 g/mol. The fraction of sp³-hybridized carbons (Fsp3) is 0.833. The fourth-order valence-electron chi connectivity index (χ4n) is 2.78. The van der Waals surface area contributed by atoms with Crippen molar-refractivity contribution in [3.8, 4) is 0 Å². The summed E-state index contributed by atoms with van der Waals surface area (Å²) >= 11 is 0. The van der Waals surface area contributed by atoms with E-state index in [2.05, 4.69) is 6.92 Å². The Bertz CT molecular complexity index is 299. The topological polar surface area (TPSA) is 49.8 Å². The summed E-state index contributed by atoms with van der Waals surface area (Å²) in [4.78, 5) is 10.3.